The van der Waals surface area contributed by atoms with Gasteiger partial charge in [-0.2, -0.15) is 0 Å². The number of nitrogens with one attached hydrogen (secondary N) is 1. The van der Waals surface area contributed by atoms with Crippen molar-refractivity contribution in [1.82, 2.24) is 4.72 Å². The lowest BCUT2D eigenvalue weighted by atomic mass is 10.00. The Morgan fingerprint density at radius 1 is 1.26 bits per heavy atom. The van der Waals surface area contributed by atoms with Gasteiger partial charge in [0.15, 0.2) is 0 Å². The Balaban J connectivity index is 1.80. The number of rotatable bonds is 5. The van der Waals surface area contributed by atoms with Crippen molar-refractivity contribution in [1.29, 1.82) is 0 Å². The van der Waals surface area contributed by atoms with Crippen LogP contribution in [-0.4, -0.2) is 35.1 Å². The molecule has 3 rings (SSSR count). The molecule has 0 aromatic heterocycles. The predicted octanol–water partition coefficient (Wildman–Crippen LogP) is 2.47. The van der Waals surface area contributed by atoms with Crippen molar-refractivity contribution in [3.05, 3.63) is 58.9 Å². The molecule has 0 amide bonds. The van der Waals surface area contributed by atoms with E-state index in [0.717, 1.165) is 42.8 Å². The number of hydrogen-bond acceptors (Lipinski definition) is 5. The second-order valence-corrected chi connectivity index (χ2v) is 8.18. The maximum Gasteiger partial charge on any atom is 0.337 e. The van der Waals surface area contributed by atoms with Crippen molar-refractivity contribution in [2.45, 2.75) is 24.3 Å². The lowest BCUT2D eigenvalue weighted by molar-refractivity contribution is 0.0600. The van der Waals surface area contributed by atoms with E-state index in [1.54, 1.807) is 0 Å². The zero-order valence-electron chi connectivity index (χ0n) is 15.2. The smallest absolute Gasteiger partial charge is 0.337 e. The number of sulfonamides is 1. The molecule has 1 heterocycles. The average Bonchev–Trinajstić information content (AvgIpc) is 2.66. The van der Waals surface area contributed by atoms with Gasteiger partial charge in [-0.15, -0.1) is 0 Å². The molecule has 0 atom stereocenters. The Hall–Kier alpha value is -2.45. The summed E-state index contributed by atoms with van der Waals surface area (Å²) in [5, 5.41) is 0. The van der Waals surface area contributed by atoms with Crippen molar-refractivity contribution in [3.8, 4) is 0 Å². The first-order valence-corrected chi connectivity index (χ1v) is 10.0. The maximum atomic E-state index is 14.0. The minimum absolute atomic E-state index is 0.0290. The summed E-state index contributed by atoms with van der Waals surface area (Å²) in [6, 6.07) is 8.89. The predicted molar refractivity (Wildman–Crippen MR) is 99.8 cm³/mol. The van der Waals surface area contributed by atoms with Crippen LogP contribution in [0.15, 0.2) is 41.3 Å². The number of esters is 1. The van der Waals surface area contributed by atoms with Gasteiger partial charge in [0, 0.05) is 25.8 Å². The number of aryl methyl sites for hydroxylation is 1. The minimum Gasteiger partial charge on any atom is -0.465 e. The van der Waals surface area contributed by atoms with Gasteiger partial charge in [0.25, 0.3) is 0 Å². The van der Waals surface area contributed by atoms with Crippen LogP contribution in [0.2, 0.25) is 0 Å². The number of nitrogens with zero attached hydrogens (tertiary/aromatic N) is 1. The van der Waals surface area contributed by atoms with Crippen LogP contribution in [0, 0.1) is 5.82 Å². The molecule has 2 aromatic carbocycles. The third kappa shape index (κ3) is 4.12. The highest BCUT2D eigenvalue weighted by atomic mass is 32.2. The number of methoxy groups -OCH3 is 1. The van der Waals surface area contributed by atoms with E-state index in [2.05, 4.69) is 14.4 Å². The van der Waals surface area contributed by atoms with Crippen molar-refractivity contribution in [2.75, 3.05) is 25.6 Å². The van der Waals surface area contributed by atoms with Gasteiger partial charge in [0.2, 0.25) is 10.0 Å². The minimum atomic E-state index is -4.13. The molecule has 0 fully saturated rings. The fraction of sp³-hybridized carbons (Fsp3) is 0.316. The first-order valence-electron chi connectivity index (χ1n) is 8.52. The van der Waals surface area contributed by atoms with Crippen molar-refractivity contribution in [3.63, 3.8) is 0 Å². The van der Waals surface area contributed by atoms with Crippen LogP contribution < -0.4 is 9.62 Å². The van der Waals surface area contributed by atoms with Gasteiger partial charge in [-0.05, 0) is 48.2 Å². The average molecular weight is 392 g/mol. The summed E-state index contributed by atoms with van der Waals surface area (Å²) in [5.74, 6) is -1.66. The van der Waals surface area contributed by atoms with E-state index in [1.807, 2.05) is 25.2 Å². The Bertz CT molecular complexity index is 976. The quantitative estimate of drug-likeness (QED) is 0.791. The lowest BCUT2D eigenvalue weighted by Crippen LogP contribution is -2.26. The maximum absolute atomic E-state index is 14.0. The number of carbonyl (C=O) groups excluding carboxylic acids is 1. The summed E-state index contributed by atoms with van der Waals surface area (Å²) in [6.45, 7) is 1.02. The van der Waals surface area contributed by atoms with E-state index in [9.17, 15) is 17.6 Å². The summed E-state index contributed by atoms with van der Waals surface area (Å²) in [6.07, 6.45) is 1.99. The second kappa shape index (κ2) is 7.66. The van der Waals surface area contributed by atoms with Crippen LogP contribution in [0.4, 0.5) is 10.1 Å². The normalized spacial score (nSPS) is 14.0. The van der Waals surface area contributed by atoms with Crippen molar-refractivity contribution < 1.29 is 22.3 Å². The van der Waals surface area contributed by atoms with Gasteiger partial charge < -0.3 is 9.64 Å². The number of carbonyl (C=O) groups is 1. The third-order valence-electron chi connectivity index (χ3n) is 4.60. The molecule has 0 saturated carbocycles. The molecule has 0 radical (unpaired) electrons. The summed E-state index contributed by atoms with van der Waals surface area (Å²) < 4.78 is 46.0. The highest BCUT2D eigenvalue weighted by Crippen LogP contribution is 2.27. The Kier molecular flexibility index (Phi) is 5.48. The SMILES string of the molecule is COC(=O)c1ccc(F)c(S(=O)(=O)NCc2ccc3c(c2)CCCN3C)c1. The number of fused-ring (bicyclic) bond motifs is 1. The molecule has 2 aromatic rings. The van der Waals surface area contributed by atoms with E-state index < -0.39 is 26.7 Å². The Morgan fingerprint density at radius 3 is 2.78 bits per heavy atom. The third-order valence-corrected chi connectivity index (χ3v) is 6.02. The fourth-order valence-corrected chi connectivity index (χ4v) is 4.28. The monoisotopic (exact) mass is 392 g/mol. The molecular formula is C19H21FN2O4S. The number of ether oxygens (including phenoxy) is 1. The van der Waals surface area contributed by atoms with E-state index >= 15 is 0 Å². The zero-order valence-corrected chi connectivity index (χ0v) is 16.0. The van der Waals surface area contributed by atoms with E-state index in [1.165, 1.54) is 18.7 Å². The summed E-state index contributed by atoms with van der Waals surface area (Å²) >= 11 is 0. The van der Waals surface area contributed by atoms with Crippen LogP contribution in [0.3, 0.4) is 0 Å². The Labute approximate surface area is 158 Å². The van der Waals surface area contributed by atoms with Crippen LogP contribution in [0.5, 0.6) is 0 Å². The first kappa shape index (κ1) is 19.3. The van der Waals surface area contributed by atoms with Crippen LogP contribution in [0.25, 0.3) is 0 Å². The van der Waals surface area contributed by atoms with Crippen LogP contribution >= 0.6 is 0 Å². The highest BCUT2D eigenvalue weighted by Gasteiger charge is 2.22. The van der Waals surface area contributed by atoms with E-state index in [4.69, 9.17) is 0 Å². The number of anilines is 1. The Morgan fingerprint density at radius 2 is 2.04 bits per heavy atom. The number of hydrogen-bond donors (Lipinski definition) is 1. The molecule has 0 saturated heterocycles. The first-order chi connectivity index (χ1) is 12.8. The lowest BCUT2D eigenvalue weighted by Gasteiger charge is -2.27. The summed E-state index contributed by atoms with van der Waals surface area (Å²) in [4.78, 5) is 13.2. The van der Waals surface area contributed by atoms with Crippen LogP contribution in [-0.2, 0) is 27.7 Å². The molecule has 6 nitrogen and oxygen atoms in total. The molecule has 8 heteroatoms. The molecule has 0 aliphatic carbocycles. The highest BCUT2D eigenvalue weighted by molar-refractivity contribution is 7.89. The van der Waals surface area contributed by atoms with Crippen molar-refractivity contribution >= 4 is 21.7 Å². The van der Waals surface area contributed by atoms with Gasteiger partial charge in [-0.1, -0.05) is 12.1 Å². The van der Waals surface area contributed by atoms with E-state index in [-0.39, 0.29) is 12.1 Å². The van der Waals surface area contributed by atoms with Crippen LogP contribution in [0.1, 0.15) is 27.9 Å². The van der Waals surface area contributed by atoms with E-state index in [0.29, 0.717) is 0 Å². The molecule has 1 aliphatic heterocycles. The molecule has 1 aliphatic rings. The second-order valence-electron chi connectivity index (χ2n) is 6.45. The molecule has 1 N–H and O–H groups in total. The van der Waals surface area contributed by atoms with Gasteiger partial charge >= 0.3 is 5.97 Å². The standard InChI is InChI=1S/C19H21FN2O4S/c1-22-9-3-4-14-10-13(5-8-17(14)22)12-21-27(24,25)18-11-15(19(23)26-2)6-7-16(18)20/h5-8,10-11,21H,3-4,9,12H2,1-2H3. The van der Waals surface area contributed by atoms with Gasteiger partial charge in [0.05, 0.1) is 12.7 Å². The largest absolute Gasteiger partial charge is 0.465 e. The summed E-state index contributed by atoms with van der Waals surface area (Å²) in [5.41, 5.74) is 3.07. The molecule has 0 bridgehead atoms. The number of halogens is 1. The van der Waals surface area contributed by atoms with Gasteiger partial charge in [0.1, 0.15) is 10.7 Å². The molecular weight excluding hydrogens is 371 g/mol. The zero-order chi connectivity index (χ0) is 19.6. The van der Waals surface area contributed by atoms with Gasteiger partial charge in [-0.25, -0.2) is 22.3 Å². The number of benzene rings is 2. The molecule has 27 heavy (non-hydrogen) atoms. The van der Waals surface area contributed by atoms with Crippen molar-refractivity contribution in [2.24, 2.45) is 0 Å². The topological polar surface area (TPSA) is 75.7 Å². The van der Waals surface area contributed by atoms with Gasteiger partial charge in [-0.3, -0.25) is 0 Å². The molecule has 144 valence electrons. The molecule has 0 spiro atoms. The summed E-state index contributed by atoms with van der Waals surface area (Å²) in [7, 11) is -0.931. The molecule has 0 unspecified atom stereocenters. The fourth-order valence-electron chi connectivity index (χ4n) is 3.16.